The highest BCUT2D eigenvalue weighted by Gasteiger charge is 2.28. The van der Waals surface area contributed by atoms with Gasteiger partial charge in [0.05, 0.1) is 11.5 Å². The van der Waals surface area contributed by atoms with Crippen molar-refractivity contribution < 1.29 is 13.2 Å². The topological polar surface area (TPSA) is 81.4 Å². The van der Waals surface area contributed by atoms with E-state index in [0.29, 0.717) is 24.0 Å². The van der Waals surface area contributed by atoms with Crippen molar-refractivity contribution >= 4 is 22.4 Å². The average molecular weight is 361 g/mol. The van der Waals surface area contributed by atoms with Gasteiger partial charge in [0.2, 0.25) is 10.0 Å². The third-order valence-electron chi connectivity index (χ3n) is 4.75. The molecular formula is C16H25ClN2O3S. The minimum Gasteiger partial charge on any atom is -0.493 e. The van der Waals surface area contributed by atoms with Gasteiger partial charge in [0.25, 0.3) is 0 Å². The van der Waals surface area contributed by atoms with Crippen LogP contribution in [0.2, 0.25) is 0 Å². The Hall–Kier alpha value is -0.820. The summed E-state index contributed by atoms with van der Waals surface area (Å²) >= 11 is 0. The number of benzene rings is 1. The number of rotatable bonds is 5. The molecule has 0 aromatic heterocycles. The zero-order valence-corrected chi connectivity index (χ0v) is 14.8. The van der Waals surface area contributed by atoms with Crippen LogP contribution in [0.15, 0.2) is 23.1 Å². The summed E-state index contributed by atoms with van der Waals surface area (Å²) in [4.78, 5) is 0.311. The summed E-state index contributed by atoms with van der Waals surface area (Å²) in [5, 5.41) is 0. The highest BCUT2D eigenvalue weighted by Crippen LogP contribution is 2.29. The van der Waals surface area contributed by atoms with E-state index in [4.69, 9.17) is 10.5 Å². The highest BCUT2D eigenvalue weighted by atomic mass is 35.5. The molecule has 0 spiro atoms. The van der Waals surface area contributed by atoms with Gasteiger partial charge in [-0.1, -0.05) is 19.3 Å². The predicted molar refractivity (Wildman–Crippen MR) is 92.6 cm³/mol. The Kier molecular flexibility index (Phi) is 6.31. The third-order valence-corrected chi connectivity index (χ3v) is 6.24. The van der Waals surface area contributed by atoms with E-state index in [-0.39, 0.29) is 18.4 Å². The van der Waals surface area contributed by atoms with E-state index in [1.54, 1.807) is 18.2 Å². The molecule has 0 radical (unpaired) electrons. The van der Waals surface area contributed by atoms with Crippen LogP contribution in [0.25, 0.3) is 0 Å². The fraction of sp³-hybridized carbons (Fsp3) is 0.625. The number of nitrogens with two attached hydrogens (primary N) is 1. The second-order valence-corrected chi connectivity index (χ2v) is 7.94. The van der Waals surface area contributed by atoms with E-state index >= 15 is 0 Å². The normalized spacial score (nSPS) is 19.5. The van der Waals surface area contributed by atoms with E-state index in [2.05, 4.69) is 4.72 Å². The van der Waals surface area contributed by atoms with Crippen LogP contribution in [0, 0.1) is 5.92 Å². The summed E-state index contributed by atoms with van der Waals surface area (Å²) in [7, 11) is -3.53. The molecule has 7 heteroatoms. The summed E-state index contributed by atoms with van der Waals surface area (Å²) in [6.07, 6.45) is 6.45. The smallest absolute Gasteiger partial charge is 0.240 e. The molecule has 1 aliphatic heterocycles. The fourth-order valence-electron chi connectivity index (χ4n) is 3.47. The molecular weight excluding hydrogens is 336 g/mol. The van der Waals surface area contributed by atoms with Crippen LogP contribution < -0.4 is 15.2 Å². The quantitative estimate of drug-likeness (QED) is 0.843. The molecule has 0 saturated heterocycles. The Morgan fingerprint density at radius 3 is 2.70 bits per heavy atom. The van der Waals surface area contributed by atoms with Crippen molar-refractivity contribution in [3.8, 4) is 5.75 Å². The first kappa shape index (κ1) is 18.5. The molecule has 1 saturated carbocycles. The van der Waals surface area contributed by atoms with Gasteiger partial charge in [-0.2, -0.15) is 0 Å². The van der Waals surface area contributed by atoms with E-state index in [1.165, 1.54) is 19.3 Å². The molecule has 1 aromatic rings. The van der Waals surface area contributed by atoms with Crippen LogP contribution >= 0.6 is 12.4 Å². The Morgan fingerprint density at radius 1 is 1.26 bits per heavy atom. The number of ether oxygens (including phenoxy) is 1. The Labute approximate surface area is 144 Å². The first-order valence-electron chi connectivity index (χ1n) is 8.08. The minimum absolute atomic E-state index is 0. The monoisotopic (exact) mass is 360 g/mol. The Bertz CT molecular complexity index is 630. The molecule has 1 fully saturated rings. The van der Waals surface area contributed by atoms with Gasteiger partial charge in [0.1, 0.15) is 5.75 Å². The van der Waals surface area contributed by atoms with Crippen molar-refractivity contribution in [3.63, 3.8) is 0 Å². The maximum Gasteiger partial charge on any atom is 0.240 e. The minimum atomic E-state index is -3.53. The van der Waals surface area contributed by atoms with Crippen LogP contribution in [-0.2, 0) is 16.4 Å². The lowest BCUT2D eigenvalue weighted by molar-refractivity contribution is 0.294. The highest BCUT2D eigenvalue weighted by molar-refractivity contribution is 7.89. The van der Waals surface area contributed by atoms with Gasteiger partial charge in [-0.3, -0.25) is 0 Å². The van der Waals surface area contributed by atoms with E-state index in [0.717, 1.165) is 30.6 Å². The number of nitrogens with one attached hydrogen (secondary N) is 1. The van der Waals surface area contributed by atoms with Gasteiger partial charge in [-0.25, -0.2) is 13.1 Å². The van der Waals surface area contributed by atoms with Crippen molar-refractivity contribution in [1.82, 2.24) is 4.72 Å². The standard InChI is InChI=1S/C16H24N2O3S.ClH/c17-11-15(12-4-2-1-3-5-12)18-22(19,20)14-6-7-16-13(10-14)8-9-21-16;/h6-7,10,12,15,18H,1-5,8-9,11,17H2;1H. The van der Waals surface area contributed by atoms with Gasteiger partial charge in [-0.05, 0) is 42.5 Å². The second-order valence-electron chi connectivity index (χ2n) is 6.23. The average Bonchev–Trinajstić information content (AvgIpc) is 3.01. The third kappa shape index (κ3) is 4.18. The zero-order chi connectivity index (χ0) is 15.6. The second kappa shape index (κ2) is 7.83. The van der Waals surface area contributed by atoms with Crippen molar-refractivity contribution in [2.75, 3.05) is 13.2 Å². The van der Waals surface area contributed by atoms with Crippen molar-refractivity contribution in [2.45, 2.75) is 49.5 Å². The Balaban J connectivity index is 0.00000192. The first-order valence-corrected chi connectivity index (χ1v) is 9.56. The molecule has 0 amide bonds. The van der Waals surface area contributed by atoms with Gasteiger partial charge in [-0.15, -0.1) is 12.4 Å². The summed E-state index contributed by atoms with van der Waals surface area (Å²) in [6, 6.07) is 4.91. The lowest BCUT2D eigenvalue weighted by Crippen LogP contribution is -2.45. The van der Waals surface area contributed by atoms with Crippen molar-refractivity contribution in [3.05, 3.63) is 23.8 Å². The number of hydrogen-bond acceptors (Lipinski definition) is 4. The molecule has 1 unspecified atom stereocenters. The Morgan fingerprint density at radius 2 is 2.00 bits per heavy atom. The van der Waals surface area contributed by atoms with Crippen LogP contribution in [0.5, 0.6) is 5.75 Å². The summed E-state index contributed by atoms with van der Waals surface area (Å²) < 4.78 is 33.5. The lowest BCUT2D eigenvalue weighted by atomic mass is 9.84. The molecule has 1 aliphatic carbocycles. The predicted octanol–water partition coefficient (Wildman–Crippen LogP) is 2.23. The van der Waals surface area contributed by atoms with E-state index < -0.39 is 10.0 Å². The van der Waals surface area contributed by atoms with Crippen molar-refractivity contribution in [2.24, 2.45) is 11.7 Å². The van der Waals surface area contributed by atoms with Crippen LogP contribution in [0.1, 0.15) is 37.7 Å². The molecule has 0 bridgehead atoms. The maximum atomic E-state index is 12.6. The molecule has 1 heterocycles. The molecule has 130 valence electrons. The van der Waals surface area contributed by atoms with Crippen LogP contribution in [-0.4, -0.2) is 27.6 Å². The van der Waals surface area contributed by atoms with Gasteiger partial charge in [0.15, 0.2) is 0 Å². The number of hydrogen-bond donors (Lipinski definition) is 2. The molecule has 1 aromatic carbocycles. The maximum absolute atomic E-state index is 12.6. The number of sulfonamides is 1. The number of fused-ring (bicyclic) bond motifs is 1. The SMILES string of the molecule is Cl.NCC(NS(=O)(=O)c1ccc2c(c1)CCO2)C1CCCCC1. The summed E-state index contributed by atoms with van der Waals surface area (Å²) in [5.41, 5.74) is 6.79. The summed E-state index contributed by atoms with van der Waals surface area (Å²) in [6.45, 7) is 0.970. The zero-order valence-electron chi connectivity index (χ0n) is 13.2. The van der Waals surface area contributed by atoms with Crippen LogP contribution in [0.4, 0.5) is 0 Å². The van der Waals surface area contributed by atoms with Gasteiger partial charge >= 0.3 is 0 Å². The van der Waals surface area contributed by atoms with Crippen LogP contribution in [0.3, 0.4) is 0 Å². The molecule has 3 rings (SSSR count). The van der Waals surface area contributed by atoms with Gasteiger partial charge < -0.3 is 10.5 Å². The largest absolute Gasteiger partial charge is 0.493 e. The molecule has 5 nitrogen and oxygen atoms in total. The molecule has 23 heavy (non-hydrogen) atoms. The molecule has 3 N–H and O–H groups in total. The lowest BCUT2D eigenvalue weighted by Gasteiger charge is -2.29. The summed E-state index contributed by atoms with van der Waals surface area (Å²) in [5.74, 6) is 1.15. The van der Waals surface area contributed by atoms with Crippen molar-refractivity contribution in [1.29, 1.82) is 0 Å². The molecule has 2 aliphatic rings. The fourth-order valence-corrected chi connectivity index (χ4v) is 4.84. The first-order chi connectivity index (χ1) is 10.6. The van der Waals surface area contributed by atoms with E-state index in [1.807, 2.05) is 0 Å². The van der Waals surface area contributed by atoms with Gasteiger partial charge in [0, 0.05) is 19.0 Å². The number of halogens is 1. The van der Waals surface area contributed by atoms with E-state index in [9.17, 15) is 8.42 Å². The molecule has 1 atom stereocenters.